The molecule has 0 bridgehead atoms. The van der Waals surface area contributed by atoms with E-state index in [1.165, 1.54) is 13.2 Å². The summed E-state index contributed by atoms with van der Waals surface area (Å²) >= 11 is 8.91. The molecule has 4 N–H and O–H groups in total. The Morgan fingerprint density at radius 3 is 2.65 bits per heavy atom. The van der Waals surface area contributed by atoms with Gasteiger partial charge in [0.15, 0.2) is 5.11 Å². The normalized spacial score (nSPS) is 12.3. The van der Waals surface area contributed by atoms with Crippen LogP contribution in [0.4, 0.5) is 0 Å². The monoisotopic (exact) mass is 477 g/mol. The van der Waals surface area contributed by atoms with Crippen molar-refractivity contribution in [2.45, 2.75) is 17.2 Å². The molecule has 2 rings (SSSR count). The molecule has 1 aromatic heterocycles. The van der Waals surface area contributed by atoms with Crippen molar-refractivity contribution in [3.63, 3.8) is 0 Å². The van der Waals surface area contributed by atoms with E-state index in [2.05, 4.69) is 38.2 Å². The Labute approximate surface area is 169 Å². The number of hydrogen-bond acceptors (Lipinski definition) is 6. The zero-order chi connectivity index (χ0) is 19.5. The molecule has 0 fully saturated rings. The maximum atomic E-state index is 12.5. The van der Waals surface area contributed by atoms with Crippen LogP contribution in [-0.2, 0) is 10.0 Å². The third kappa shape index (κ3) is 4.93. The zero-order valence-corrected chi connectivity index (χ0v) is 17.8. The molecule has 0 saturated heterocycles. The number of nitrogens with two attached hydrogens (primary N) is 1. The summed E-state index contributed by atoms with van der Waals surface area (Å²) in [4.78, 5) is 13.2. The molecule has 7 nitrogen and oxygen atoms in total. The fourth-order valence-electron chi connectivity index (χ4n) is 2.10. The Hall–Kier alpha value is -1.69. The molecular formula is C15H16BrN3O4S3. The number of ether oxygens (including phenoxy) is 1. The minimum absolute atomic E-state index is 0.0569. The van der Waals surface area contributed by atoms with Gasteiger partial charge in [-0.2, -0.15) is 0 Å². The van der Waals surface area contributed by atoms with E-state index < -0.39 is 16.1 Å². The number of amides is 1. The number of halogens is 1. The third-order valence-electron chi connectivity index (χ3n) is 3.28. The minimum atomic E-state index is -3.81. The second-order valence-corrected chi connectivity index (χ2v) is 9.55. The Kier molecular flexibility index (Phi) is 6.61. The number of sulfonamides is 1. The standard InChI is InChI=1S/C15H16BrN3O4S3/c1-8(12-5-6-13(25-12)26(21,22)19-15(17)24)18-14(20)10-7-9(16)3-4-11(10)23-2/h3-8H,1-2H3,(H,18,20)(H3,17,19,24). The topological polar surface area (TPSA) is 111 Å². The maximum absolute atomic E-state index is 12.5. The summed E-state index contributed by atoms with van der Waals surface area (Å²) in [5.74, 6) is 0.0997. The summed E-state index contributed by atoms with van der Waals surface area (Å²) in [6.07, 6.45) is 0. The van der Waals surface area contributed by atoms with E-state index in [1.54, 1.807) is 31.2 Å². The van der Waals surface area contributed by atoms with E-state index in [0.717, 1.165) is 15.8 Å². The van der Waals surface area contributed by atoms with Gasteiger partial charge in [0.05, 0.1) is 18.7 Å². The molecule has 0 aliphatic heterocycles. The van der Waals surface area contributed by atoms with Gasteiger partial charge in [0, 0.05) is 9.35 Å². The first-order chi connectivity index (χ1) is 12.1. The lowest BCUT2D eigenvalue weighted by atomic mass is 10.1. The van der Waals surface area contributed by atoms with Gasteiger partial charge in [-0.05, 0) is 49.5 Å². The molecule has 0 spiro atoms. The zero-order valence-electron chi connectivity index (χ0n) is 13.8. The van der Waals surface area contributed by atoms with E-state index in [4.69, 9.17) is 10.5 Å². The fourth-order valence-corrected chi connectivity index (χ4v) is 4.99. The molecule has 1 amide bonds. The van der Waals surface area contributed by atoms with Crippen LogP contribution in [0.2, 0.25) is 0 Å². The van der Waals surface area contributed by atoms with Gasteiger partial charge in [0.1, 0.15) is 9.96 Å². The summed E-state index contributed by atoms with van der Waals surface area (Å²) < 4.78 is 32.2. The molecule has 1 heterocycles. The van der Waals surface area contributed by atoms with Crippen molar-refractivity contribution in [2.75, 3.05) is 7.11 Å². The van der Waals surface area contributed by atoms with Gasteiger partial charge >= 0.3 is 0 Å². The molecule has 0 radical (unpaired) electrons. The Bertz CT molecular complexity index is 943. The number of thiocarbonyl (C=S) groups is 1. The van der Waals surface area contributed by atoms with Crippen molar-refractivity contribution in [1.82, 2.24) is 10.0 Å². The minimum Gasteiger partial charge on any atom is -0.496 e. The summed E-state index contributed by atoms with van der Waals surface area (Å²) in [5.41, 5.74) is 5.59. The van der Waals surface area contributed by atoms with Crippen LogP contribution in [0.3, 0.4) is 0 Å². The first-order valence-electron chi connectivity index (χ1n) is 7.20. The van der Waals surface area contributed by atoms with Crippen molar-refractivity contribution in [3.05, 3.63) is 45.2 Å². The highest BCUT2D eigenvalue weighted by Gasteiger charge is 2.21. The molecule has 0 aliphatic rings. The number of carbonyl (C=O) groups is 1. The Morgan fingerprint density at radius 1 is 1.35 bits per heavy atom. The second-order valence-electron chi connectivity index (χ2n) is 5.17. The lowest BCUT2D eigenvalue weighted by molar-refractivity contribution is 0.0937. The molecule has 1 atom stereocenters. The molecule has 1 unspecified atom stereocenters. The lowest BCUT2D eigenvalue weighted by Crippen LogP contribution is -2.34. The van der Waals surface area contributed by atoms with Crippen LogP contribution in [0.1, 0.15) is 28.2 Å². The highest BCUT2D eigenvalue weighted by Crippen LogP contribution is 2.28. The van der Waals surface area contributed by atoms with Gasteiger partial charge in [-0.15, -0.1) is 11.3 Å². The second kappa shape index (κ2) is 8.33. The highest BCUT2D eigenvalue weighted by atomic mass is 79.9. The molecule has 0 saturated carbocycles. The van der Waals surface area contributed by atoms with Crippen molar-refractivity contribution in [1.29, 1.82) is 0 Å². The van der Waals surface area contributed by atoms with Crippen LogP contribution in [0.5, 0.6) is 5.75 Å². The summed E-state index contributed by atoms with van der Waals surface area (Å²) in [5, 5.41) is 2.49. The van der Waals surface area contributed by atoms with Crippen LogP contribution in [0.15, 0.2) is 39.0 Å². The quantitative estimate of drug-likeness (QED) is 0.551. The largest absolute Gasteiger partial charge is 0.496 e. The van der Waals surface area contributed by atoms with Crippen LogP contribution in [-0.4, -0.2) is 26.5 Å². The van der Waals surface area contributed by atoms with Crippen molar-refractivity contribution < 1.29 is 17.9 Å². The number of thiophene rings is 1. The molecule has 1 aromatic carbocycles. The lowest BCUT2D eigenvalue weighted by Gasteiger charge is -2.14. The maximum Gasteiger partial charge on any atom is 0.273 e. The summed E-state index contributed by atoms with van der Waals surface area (Å²) in [7, 11) is -2.32. The molecule has 2 aromatic rings. The molecular weight excluding hydrogens is 462 g/mol. The number of methoxy groups -OCH3 is 1. The van der Waals surface area contributed by atoms with E-state index in [-0.39, 0.29) is 15.2 Å². The van der Waals surface area contributed by atoms with Gasteiger partial charge in [-0.25, -0.2) is 8.42 Å². The van der Waals surface area contributed by atoms with Gasteiger partial charge < -0.3 is 15.8 Å². The van der Waals surface area contributed by atoms with E-state index in [9.17, 15) is 13.2 Å². The average Bonchev–Trinajstić information content (AvgIpc) is 3.04. The summed E-state index contributed by atoms with van der Waals surface area (Å²) in [6, 6.07) is 7.75. The Balaban J connectivity index is 2.18. The average molecular weight is 478 g/mol. The first kappa shape index (κ1) is 20.6. The van der Waals surface area contributed by atoms with Gasteiger partial charge in [-0.1, -0.05) is 15.9 Å². The van der Waals surface area contributed by atoms with Crippen molar-refractivity contribution in [3.8, 4) is 5.75 Å². The van der Waals surface area contributed by atoms with Crippen LogP contribution in [0, 0.1) is 0 Å². The van der Waals surface area contributed by atoms with E-state index in [0.29, 0.717) is 16.2 Å². The number of hydrogen-bond donors (Lipinski definition) is 3. The number of carbonyl (C=O) groups excluding carboxylic acids is 1. The fraction of sp³-hybridized carbons (Fsp3) is 0.200. The van der Waals surface area contributed by atoms with Crippen molar-refractivity contribution in [2.24, 2.45) is 5.73 Å². The first-order valence-corrected chi connectivity index (χ1v) is 10.7. The van der Waals surface area contributed by atoms with E-state index >= 15 is 0 Å². The number of nitrogens with one attached hydrogen (secondary N) is 2. The van der Waals surface area contributed by atoms with Crippen LogP contribution < -0.4 is 20.5 Å². The molecule has 11 heteroatoms. The van der Waals surface area contributed by atoms with E-state index in [1.807, 2.05) is 0 Å². The number of rotatable bonds is 6. The third-order valence-corrected chi connectivity index (χ3v) is 7.13. The van der Waals surface area contributed by atoms with Gasteiger partial charge in [0.2, 0.25) is 0 Å². The molecule has 26 heavy (non-hydrogen) atoms. The van der Waals surface area contributed by atoms with Crippen molar-refractivity contribution >= 4 is 60.5 Å². The molecule has 0 aliphatic carbocycles. The smallest absolute Gasteiger partial charge is 0.273 e. The predicted molar refractivity (Wildman–Crippen MR) is 108 cm³/mol. The number of benzene rings is 1. The van der Waals surface area contributed by atoms with Crippen LogP contribution >= 0.6 is 39.5 Å². The van der Waals surface area contributed by atoms with Gasteiger partial charge in [0.25, 0.3) is 15.9 Å². The van der Waals surface area contributed by atoms with Crippen LogP contribution in [0.25, 0.3) is 0 Å². The van der Waals surface area contributed by atoms with Gasteiger partial charge in [-0.3, -0.25) is 9.52 Å². The predicted octanol–water partition coefficient (Wildman–Crippen LogP) is 2.53. The highest BCUT2D eigenvalue weighted by molar-refractivity contribution is 9.10. The molecule has 140 valence electrons. The SMILES string of the molecule is COc1ccc(Br)cc1C(=O)NC(C)c1ccc(S(=O)(=O)NC(N)=S)s1. The Morgan fingerprint density at radius 2 is 2.04 bits per heavy atom. The summed E-state index contributed by atoms with van der Waals surface area (Å²) in [6.45, 7) is 1.76.